The third-order valence-electron chi connectivity index (χ3n) is 4.84. The Kier molecular flexibility index (Phi) is 7.77. The highest BCUT2D eigenvalue weighted by Gasteiger charge is 2.30. The van der Waals surface area contributed by atoms with Gasteiger partial charge >= 0.3 is 0 Å². The summed E-state index contributed by atoms with van der Waals surface area (Å²) in [6.45, 7) is 2.59. The van der Waals surface area contributed by atoms with Crippen molar-refractivity contribution < 1.29 is 27.4 Å². The zero-order chi connectivity index (χ0) is 22.4. The number of sulfonamides is 1. The van der Waals surface area contributed by atoms with E-state index < -0.39 is 15.9 Å². The molecule has 2 aromatic carbocycles. The van der Waals surface area contributed by atoms with Crippen molar-refractivity contribution in [3.8, 4) is 11.5 Å². The van der Waals surface area contributed by atoms with E-state index in [1.807, 2.05) is 31.2 Å². The molecule has 0 aromatic heterocycles. The molecule has 2 aromatic rings. The SMILES string of the molecule is COc1ccccc1C(C)NC(=O)COc1ccc(Cl)cc1S(=O)(=O)N1CCOCC1. The summed E-state index contributed by atoms with van der Waals surface area (Å²) >= 11 is 6.04. The van der Waals surface area contributed by atoms with Gasteiger partial charge in [0.2, 0.25) is 10.0 Å². The number of carbonyl (C=O) groups excluding carboxylic acids is 1. The van der Waals surface area contributed by atoms with E-state index >= 15 is 0 Å². The Morgan fingerprint density at radius 3 is 2.61 bits per heavy atom. The standard InChI is InChI=1S/C21H25ClN2O6S/c1-15(17-5-3-4-6-18(17)28-2)23-21(25)14-30-19-8-7-16(22)13-20(19)31(26,27)24-9-11-29-12-10-24/h3-8,13,15H,9-12,14H2,1-2H3,(H,23,25). The van der Waals surface area contributed by atoms with Gasteiger partial charge in [-0.1, -0.05) is 29.8 Å². The van der Waals surface area contributed by atoms with Crippen molar-refractivity contribution in [3.63, 3.8) is 0 Å². The van der Waals surface area contributed by atoms with Crippen LogP contribution in [0.5, 0.6) is 11.5 Å². The Morgan fingerprint density at radius 1 is 1.19 bits per heavy atom. The summed E-state index contributed by atoms with van der Waals surface area (Å²) in [4.78, 5) is 12.4. The van der Waals surface area contributed by atoms with Crippen molar-refractivity contribution in [2.45, 2.75) is 17.9 Å². The lowest BCUT2D eigenvalue weighted by molar-refractivity contribution is -0.123. The molecular weight excluding hydrogens is 444 g/mol. The fourth-order valence-electron chi connectivity index (χ4n) is 3.26. The molecule has 1 aliphatic heterocycles. The van der Waals surface area contributed by atoms with Crippen LogP contribution in [0, 0.1) is 0 Å². The number of hydrogen-bond donors (Lipinski definition) is 1. The molecule has 0 aliphatic carbocycles. The van der Waals surface area contributed by atoms with Gasteiger partial charge in [0, 0.05) is 23.7 Å². The molecule has 1 heterocycles. The molecule has 1 aliphatic rings. The van der Waals surface area contributed by atoms with Crippen LogP contribution >= 0.6 is 11.6 Å². The van der Waals surface area contributed by atoms with E-state index in [1.54, 1.807) is 7.11 Å². The zero-order valence-corrected chi connectivity index (χ0v) is 18.9. The van der Waals surface area contributed by atoms with Crippen molar-refractivity contribution in [2.75, 3.05) is 40.0 Å². The Balaban J connectivity index is 1.71. The molecule has 0 saturated carbocycles. The number of amides is 1. The fraction of sp³-hybridized carbons (Fsp3) is 0.381. The smallest absolute Gasteiger partial charge is 0.258 e. The van der Waals surface area contributed by atoms with Gasteiger partial charge in [-0.05, 0) is 31.2 Å². The van der Waals surface area contributed by atoms with E-state index in [9.17, 15) is 13.2 Å². The summed E-state index contributed by atoms with van der Waals surface area (Å²) in [5, 5.41) is 3.09. The maximum absolute atomic E-state index is 13.1. The molecular formula is C21H25ClN2O6S. The molecule has 0 spiro atoms. The van der Waals surface area contributed by atoms with Gasteiger partial charge in [0.15, 0.2) is 6.61 Å². The van der Waals surface area contributed by atoms with Gasteiger partial charge in [-0.25, -0.2) is 8.42 Å². The van der Waals surface area contributed by atoms with E-state index in [2.05, 4.69) is 5.32 Å². The lowest BCUT2D eigenvalue weighted by Gasteiger charge is -2.27. The average molecular weight is 469 g/mol. The molecule has 1 atom stereocenters. The lowest BCUT2D eigenvalue weighted by atomic mass is 10.1. The molecule has 8 nitrogen and oxygen atoms in total. The number of nitrogens with zero attached hydrogens (tertiary/aromatic N) is 1. The molecule has 10 heteroatoms. The quantitative estimate of drug-likeness (QED) is 0.640. The van der Waals surface area contributed by atoms with Crippen molar-refractivity contribution >= 4 is 27.5 Å². The Hall–Kier alpha value is -2.33. The predicted octanol–water partition coefficient (Wildman–Crippen LogP) is 2.63. The highest BCUT2D eigenvalue weighted by atomic mass is 35.5. The highest BCUT2D eigenvalue weighted by molar-refractivity contribution is 7.89. The molecule has 1 amide bonds. The van der Waals surface area contributed by atoms with Gasteiger partial charge in [0.1, 0.15) is 16.4 Å². The summed E-state index contributed by atoms with van der Waals surface area (Å²) in [5.74, 6) is 0.326. The topological polar surface area (TPSA) is 94.2 Å². The number of benzene rings is 2. The first kappa shape index (κ1) is 23.3. The number of methoxy groups -OCH3 is 1. The van der Waals surface area contributed by atoms with Gasteiger partial charge in [-0.15, -0.1) is 0 Å². The molecule has 31 heavy (non-hydrogen) atoms. The molecule has 0 bridgehead atoms. The van der Waals surface area contributed by atoms with Crippen molar-refractivity contribution in [1.29, 1.82) is 0 Å². The second kappa shape index (κ2) is 10.3. The van der Waals surface area contributed by atoms with Crippen LogP contribution in [0.4, 0.5) is 0 Å². The molecule has 1 saturated heterocycles. The first-order valence-electron chi connectivity index (χ1n) is 9.75. The predicted molar refractivity (Wildman–Crippen MR) is 116 cm³/mol. The van der Waals surface area contributed by atoms with E-state index in [0.717, 1.165) is 5.56 Å². The van der Waals surface area contributed by atoms with Crippen LogP contribution in [0.25, 0.3) is 0 Å². The first-order chi connectivity index (χ1) is 14.8. The number of hydrogen-bond acceptors (Lipinski definition) is 6. The largest absolute Gasteiger partial charge is 0.496 e. The fourth-order valence-corrected chi connectivity index (χ4v) is 5.06. The lowest BCUT2D eigenvalue weighted by Crippen LogP contribution is -2.40. The molecule has 1 unspecified atom stereocenters. The normalized spacial score (nSPS) is 15.8. The monoisotopic (exact) mass is 468 g/mol. The number of ether oxygens (including phenoxy) is 3. The summed E-state index contributed by atoms with van der Waals surface area (Å²) in [7, 11) is -2.28. The summed E-state index contributed by atoms with van der Waals surface area (Å²) in [6, 6.07) is 11.3. The van der Waals surface area contributed by atoms with Gasteiger partial charge in [-0.3, -0.25) is 4.79 Å². The van der Waals surface area contributed by atoms with E-state index in [-0.39, 0.29) is 41.4 Å². The Morgan fingerprint density at radius 2 is 1.90 bits per heavy atom. The molecule has 0 radical (unpaired) electrons. The summed E-state index contributed by atoms with van der Waals surface area (Å²) in [5.41, 5.74) is 0.820. The minimum atomic E-state index is -3.84. The second-order valence-electron chi connectivity index (χ2n) is 6.93. The van der Waals surface area contributed by atoms with Crippen molar-refractivity contribution in [1.82, 2.24) is 9.62 Å². The molecule has 1 fully saturated rings. The van der Waals surface area contributed by atoms with Gasteiger partial charge in [-0.2, -0.15) is 4.31 Å². The van der Waals surface area contributed by atoms with Crippen LogP contribution in [-0.4, -0.2) is 58.7 Å². The minimum absolute atomic E-state index is 0.0657. The third-order valence-corrected chi connectivity index (χ3v) is 6.99. The van der Waals surface area contributed by atoms with Crippen LogP contribution < -0.4 is 14.8 Å². The van der Waals surface area contributed by atoms with Crippen LogP contribution in [0.3, 0.4) is 0 Å². The van der Waals surface area contributed by atoms with Crippen LogP contribution in [0.1, 0.15) is 18.5 Å². The van der Waals surface area contributed by atoms with E-state index in [4.69, 9.17) is 25.8 Å². The Labute approximate surface area is 187 Å². The van der Waals surface area contributed by atoms with Crippen LogP contribution in [0.15, 0.2) is 47.4 Å². The maximum atomic E-state index is 13.1. The number of nitrogens with one attached hydrogen (secondary N) is 1. The first-order valence-corrected chi connectivity index (χ1v) is 11.6. The van der Waals surface area contributed by atoms with Gasteiger partial charge < -0.3 is 19.5 Å². The number of morpholine rings is 1. The summed E-state index contributed by atoms with van der Waals surface area (Å²) < 4.78 is 43.6. The zero-order valence-electron chi connectivity index (χ0n) is 17.3. The molecule has 3 rings (SSSR count). The average Bonchev–Trinajstić information content (AvgIpc) is 2.78. The number of carbonyl (C=O) groups is 1. The number of halogens is 1. The minimum Gasteiger partial charge on any atom is -0.496 e. The van der Waals surface area contributed by atoms with E-state index in [0.29, 0.717) is 19.0 Å². The van der Waals surface area contributed by atoms with Crippen molar-refractivity contribution in [2.24, 2.45) is 0 Å². The molecule has 1 N–H and O–H groups in total. The van der Waals surface area contributed by atoms with Crippen molar-refractivity contribution in [3.05, 3.63) is 53.1 Å². The Bertz CT molecular complexity index is 1020. The summed E-state index contributed by atoms with van der Waals surface area (Å²) in [6.07, 6.45) is 0. The highest BCUT2D eigenvalue weighted by Crippen LogP contribution is 2.30. The maximum Gasteiger partial charge on any atom is 0.258 e. The number of para-hydroxylation sites is 1. The van der Waals surface area contributed by atoms with E-state index in [1.165, 1.54) is 22.5 Å². The third kappa shape index (κ3) is 5.68. The van der Waals surface area contributed by atoms with Crippen LogP contribution in [-0.2, 0) is 19.6 Å². The molecule has 168 valence electrons. The number of rotatable bonds is 8. The van der Waals surface area contributed by atoms with Gasteiger partial charge in [0.25, 0.3) is 5.91 Å². The van der Waals surface area contributed by atoms with Crippen LogP contribution in [0.2, 0.25) is 5.02 Å². The second-order valence-corrected chi connectivity index (χ2v) is 9.27. The van der Waals surface area contributed by atoms with Gasteiger partial charge in [0.05, 0.1) is 26.4 Å².